The van der Waals surface area contributed by atoms with Crippen LogP contribution in [0.4, 0.5) is 0 Å². The van der Waals surface area contributed by atoms with Gasteiger partial charge in [0.05, 0.1) is 6.10 Å². The van der Waals surface area contributed by atoms with E-state index in [0.29, 0.717) is 6.10 Å². The quantitative estimate of drug-likeness (QED) is 0.742. The Kier molecular flexibility index (Phi) is 2.96. The van der Waals surface area contributed by atoms with Gasteiger partial charge in [-0.05, 0) is 35.8 Å². The Hall–Kier alpha value is -0.980. The summed E-state index contributed by atoms with van der Waals surface area (Å²) in [6.07, 6.45) is 3.98. The van der Waals surface area contributed by atoms with E-state index in [2.05, 4.69) is 45.9 Å². The van der Waals surface area contributed by atoms with Crippen LogP contribution < -0.4 is 4.74 Å². The Balaban J connectivity index is 2.41. The van der Waals surface area contributed by atoms with Gasteiger partial charge in [-0.2, -0.15) is 0 Å². The average molecular weight is 218 g/mol. The number of aryl methyl sites for hydroxylation is 1. The predicted molar refractivity (Wildman–Crippen MR) is 68.2 cm³/mol. The van der Waals surface area contributed by atoms with E-state index in [1.165, 1.54) is 24.0 Å². The lowest BCUT2D eigenvalue weighted by atomic mass is 9.85. The van der Waals surface area contributed by atoms with Crippen molar-refractivity contribution in [3.8, 4) is 5.75 Å². The monoisotopic (exact) mass is 218 g/mol. The average Bonchev–Trinajstić information content (AvgIpc) is 3.00. The zero-order valence-electron chi connectivity index (χ0n) is 10.8. The summed E-state index contributed by atoms with van der Waals surface area (Å²) in [5.74, 6) is 1.15. The van der Waals surface area contributed by atoms with Crippen LogP contribution in [-0.4, -0.2) is 6.10 Å². The van der Waals surface area contributed by atoms with Crippen LogP contribution in [-0.2, 0) is 11.8 Å². The second kappa shape index (κ2) is 4.12. The number of hydrogen-bond acceptors (Lipinski definition) is 1. The molecular formula is C15H22O. The van der Waals surface area contributed by atoms with Crippen LogP contribution in [0, 0.1) is 0 Å². The molecule has 88 valence electrons. The molecule has 1 heteroatoms. The first-order chi connectivity index (χ1) is 7.52. The van der Waals surface area contributed by atoms with Crippen LogP contribution in [0.5, 0.6) is 5.75 Å². The van der Waals surface area contributed by atoms with Crippen molar-refractivity contribution in [2.75, 3.05) is 0 Å². The van der Waals surface area contributed by atoms with Gasteiger partial charge in [-0.3, -0.25) is 0 Å². The van der Waals surface area contributed by atoms with E-state index in [1.54, 1.807) is 0 Å². The molecule has 0 amide bonds. The van der Waals surface area contributed by atoms with Crippen molar-refractivity contribution in [2.24, 2.45) is 0 Å². The Morgan fingerprint density at radius 1 is 1.25 bits per heavy atom. The molecule has 0 bridgehead atoms. The van der Waals surface area contributed by atoms with Crippen molar-refractivity contribution in [1.29, 1.82) is 0 Å². The molecule has 1 nitrogen and oxygen atoms in total. The van der Waals surface area contributed by atoms with E-state index in [-0.39, 0.29) is 5.41 Å². The van der Waals surface area contributed by atoms with Gasteiger partial charge in [-0.15, -0.1) is 0 Å². The van der Waals surface area contributed by atoms with Gasteiger partial charge in [0.1, 0.15) is 5.75 Å². The van der Waals surface area contributed by atoms with Crippen molar-refractivity contribution in [3.05, 3.63) is 29.3 Å². The number of rotatable bonds is 3. The third kappa shape index (κ3) is 2.40. The highest BCUT2D eigenvalue weighted by Crippen LogP contribution is 2.38. The molecule has 0 saturated heterocycles. The number of hydrogen-bond donors (Lipinski definition) is 0. The van der Waals surface area contributed by atoms with Crippen LogP contribution in [0.2, 0.25) is 0 Å². The van der Waals surface area contributed by atoms with E-state index in [0.717, 1.165) is 12.2 Å². The summed E-state index contributed by atoms with van der Waals surface area (Å²) < 4.78 is 6.10. The maximum atomic E-state index is 6.10. The second-order valence-electron chi connectivity index (χ2n) is 5.71. The molecule has 1 aromatic rings. The van der Waals surface area contributed by atoms with E-state index >= 15 is 0 Å². The molecule has 1 aromatic carbocycles. The lowest BCUT2D eigenvalue weighted by Gasteiger charge is -2.24. The molecule has 0 N–H and O–H groups in total. The van der Waals surface area contributed by atoms with Crippen LogP contribution in [0.1, 0.15) is 51.7 Å². The van der Waals surface area contributed by atoms with E-state index in [4.69, 9.17) is 4.74 Å². The zero-order valence-corrected chi connectivity index (χ0v) is 10.8. The fourth-order valence-electron chi connectivity index (χ4n) is 1.95. The van der Waals surface area contributed by atoms with Gasteiger partial charge in [0.15, 0.2) is 0 Å². The van der Waals surface area contributed by atoms with Crippen molar-refractivity contribution in [3.63, 3.8) is 0 Å². The fraction of sp³-hybridized carbons (Fsp3) is 0.600. The lowest BCUT2D eigenvalue weighted by Crippen LogP contribution is -2.15. The normalized spacial score (nSPS) is 16.2. The highest BCUT2D eigenvalue weighted by Gasteiger charge is 2.28. The molecule has 0 aromatic heterocycles. The zero-order chi connectivity index (χ0) is 11.8. The highest BCUT2D eigenvalue weighted by atomic mass is 16.5. The summed E-state index contributed by atoms with van der Waals surface area (Å²) in [5, 5.41) is 0. The Morgan fingerprint density at radius 3 is 2.44 bits per heavy atom. The summed E-state index contributed by atoms with van der Waals surface area (Å²) in [6, 6.07) is 6.54. The number of para-hydroxylation sites is 1. The molecule has 0 radical (unpaired) electrons. The summed E-state index contributed by atoms with van der Waals surface area (Å²) in [6.45, 7) is 8.95. The third-order valence-electron chi connectivity index (χ3n) is 3.09. The molecule has 0 aliphatic heterocycles. The molecule has 1 aliphatic rings. The van der Waals surface area contributed by atoms with Crippen molar-refractivity contribution >= 4 is 0 Å². The summed E-state index contributed by atoms with van der Waals surface area (Å²) in [4.78, 5) is 0. The molecule has 16 heavy (non-hydrogen) atoms. The van der Waals surface area contributed by atoms with E-state index in [9.17, 15) is 0 Å². The lowest BCUT2D eigenvalue weighted by molar-refractivity contribution is 0.291. The number of benzene rings is 1. The van der Waals surface area contributed by atoms with Crippen LogP contribution >= 0.6 is 0 Å². The van der Waals surface area contributed by atoms with Gasteiger partial charge in [0, 0.05) is 0 Å². The SMILES string of the molecule is CCc1cccc(C(C)(C)C)c1OC1CC1. The molecule has 0 unspecified atom stereocenters. The molecule has 0 atom stereocenters. The maximum absolute atomic E-state index is 6.10. The van der Waals surface area contributed by atoms with Crippen molar-refractivity contribution < 1.29 is 4.74 Å². The fourth-order valence-corrected chi connectivity index (χ4v) is 1.95. The van der Waals surface area contributed by atoms with E-state index in [1.807, 2.05) is 0 Å². The molecule has 1 aliphatic carbocycles. The van der Waals surface area contributed by atoms with Crippen LogP contribution in [0.15, 0.2) is 18.2 Å². The smallest absolute Gasteiger partial charge is 0.126 e. The molecule has 0 heterocycles. The van der Waals surface area contributed by atoms with Gasteiger partial charge < -0.3 is 4.74 Å². The maximum Gasteiger partial charge on any atom is 0.126 e. The summed E-state index contributed by atoms with van der Waals surface area (Å²) >= 11 is 0. The minimum Gasteiger partial charge on any atom is -0.490 e. The third-order valence-corrected chi connectivity index (χ3v) is 3.09. The first-order valence-corrected chi connectivity index (χ1v) is 6.31. The van der Waals surface area contributed by atoms with E-state index < -0.39 is 0 Å². The van der Waals surface area contributed by atoms with Gasteiger partial charge in [-0.1, -0.05) is 45.9 Å². The Labute approximate surface area is 98.8 Å². The van der Waals surface area contributed by atoms with Gasteiger partial charge >= 0.3 is 0 Å². The van der Waals surface area contributed by atoms with Gasteiger partial charge in [0.2, 0.25) is 0 Å². The minimum atomic E-state index is 0.162. The van der Waals surface area contributed by atoms with Crippen LogP contribution in [0.3, 0.4) is 0 Å². The highest BCUT2D eigenvalue weighted by molar-refractivity contribution is 5.45. The Morgan fingerprint density at radius 2 is 1.94 bits per heavy atom. The molecular weight excluding hydrogens is 196 g/mol. The predicted octanol–water partition coefficient (Wildman–Crippen LogP) is 4.09. The van der Waals surface area contributed by atoms with Crippen molar-refractivity contribution in [2.45, 2.75) is 58.5 Å². The summed E-state index contributed by atoms with van der Waals surface area (Å²) in [5.41, 5.74) is 2.85. The summed E-state index contributed by atoms with van der Waals surface area (Å²) in [7, 11) is 0. The molecule has 0 spiro atoms. The second-order valence-corrected chi connectivity index (χ2v) is 5.71. The van der Waals surface area contributed by atoms with Crippen molar-refractivity contribution in [1.82, 2.24) is 0 Å². The Bertz CT molecular complexity index is 370. The number of ether oxygens (including phenoxy) is 1. The molecule has 1 fully saturated rings. The molecule has 2 rings (SSSR count). The standard InChI is InChI=1S/C15H22O/c1-5-11-7-6-8-13(15(2,3)4)14(11)16-12-9-10-12/h6-8,12H,5,9-10H2,1-4H3. The topological polar surface area (TPSA) is 9.23 Å². The van der Waals surface area contributed by atoms with Crippen LogP contribution in [0.25, 0.3) is 0 Å². The largest absolute Gasteiger partial charge is 0.490 e. The van der Waals surface area contributed by atoms with Gasteiger partial charge in [0.25, 0.3) is 0 Å². The minimum absolute atomic E-state index is 0.162. The first-order valence-electron chi connectivity index (χ1n) is 6.31. The van der Waals surface area contributed by atoms with Gasteiger partial charge in [-0.25, -0.2) is 0 Å². The first kappa shape index (κ1) is 11.5. The molecule has 1 saturated carbocycles.